The van der Waals surface area contributed by atoms with Crippen LogP contribution in [0.2, 0.25) is 0 Å². The van der Waals surface area contributed by atoms with Gasteiger partial charge in [-0.05, 0) is 12.8 Å². The van der Waals surface area contributed by atoms with Gasteiger partial charge in [-0.2, -0.15) is 0 Å². The Morgan fingerprint density at radius 3 is 2.67 bits per heavy atom. The summed E-state index contributed by atoms with van der Waals surface area (Å²) in [6.07, 6.45) is 3.34. The zero-order valence-electron chi connectivity index (χ0n) is 11.8. The highest BCUT2D eigenvalue weighted by atomic mass is 19.2. The molecule has 0 saturated heterocycles. The van der Waals surface area contributed by atoms with Gasteiger partial charge in [0.15, 0.2) is 11.6 Å². The van der Waals surface area contributed by atoms with E-state index in [0.29, 0.717) is 43.3 Å². The molecular weight excluding hydrogens is 276 g/mol. The zero-order chi connectivity index (χ0) is 14.8. The second kappa shape index (κ2) is 6.07. The molecule has 1 saturated carbocycles. The molecule has 0 aliphatic heterocycles. The molecule has 21 heavy (non-hydrogen) atoms. The molecule has 6 heteroatoms. The van der Waals surface area contributed by atoms with Gasteiger partial charge in [0.2, 0.25) is 0 Å². The zero-order valence-corrected chi connectivity index (χ0v) is 11.8. The smallest absolute Gasteiger partial charge is 0.161 e. The number of hydrogen-bond donors (Lipinski definition) is 1. The molecule has 1 fully saturated rings. The molecule has 0 unspecified atom stereocenters. The van der Waals surface area contributed by atoms with Crippen LogP contribution >= 0.6 is 0 Å². The predicted octanol–water partition coefficient (Wildman–Crippen LogP) is 2.56. The van der Waals surface area contributed by atoms with E-state index in [4.69, 9.17) is 10.5 Å². The van der Waals surface area contributed by atoms with Crippen molar-refractivity contribution in [1.29, 1.82) is 0 Å². The average Bonchev–Trinajstić information content (AvgIpc) is 2.71. The number of aromatic nitrogens is 2. The highest BCUT2D eigenvalue weighted by Gasteiger charge is 2.26. The fourth-order valence-corrected chi connectivity index (χ4v) is 2.69. The normalized spacial score (nSPS) is 15.6. The number of benzene rings is 1. The molecule has 114 valence electrons. The molecule has 1 aromatic heterocycles. The standard InChI is InChI=1S/C15H19F2N3O/c16-11-8-13-14(9-12(11)17)20(5-7-21-6-4-18)15(19-13)10-2-1-3-10/h8-10H,1-7,18H2. The molecule has 2 N–H and O–H groups in total. The van der Waals surface area contributed by atoms with Crippen LogP contribution in [0.5, 0.6) is 0 Å². The molecule has 0 radical (unpaired) electrons. The summed E-state index contributed by atoms with van der Waals surface area (Å²) in [6.45, 7) is 2.03. The highest BCUT2D eigenvalue weighted by Crippen LogP contribution is 2.37. The molecule has 1 aromatic carbocycles. The molecular formula is C15H19F2N3O. The van der Waals surface area contributed by atoms with Gasteiger partial charge in [0, 0.05) is 31.1 Å². The van der Waals surface area contributed by atoms with E-state index < -0.39 is 11.6 Å². The van der Waals surface area contributed by atoms with Crippen LogP contribution in [0.4, 0.5) is 8.78 Å². The molecule has 3 rings (SSSR count). The van der Waals surface area contributed by atoms with Crippen LogP contribution in [0, 0.1) is 11.6 Å². The van der Waals surface area contributed by atoms with Crippen LogP contribution in [-0.4, -0.2) is 29.3 Å². The lowest BCUT2D eigenvalue weighted by molar-refractivity contribution is 0.132. The Morgan fingerprint density at radius 1 is 1.24 bits per heavy atom. The van der Waals surface area contributed by atoms with Crippen molar-refractivity contribution in [3.8, 4) is 0 Å². The highest BCUT2D eigenvalue weighted by molar-refractivity contribution is 5.76. The number of halogens is 2. The van der Waals surface area contributed by atoms with Crippen molar-refractivity contribution in [3.63, 3.8) is 0 Å². The van der Waals surface area contributed by atoms with Crippen molar-refractivity contribution in [2.75, 3.05) is 19.8 Å². The summed E-state index contributed by atoms with van der Waals surface area (Å²) < 4.78 is 34.3. The van der Waals surface area contributed by atoms with Crippen LogP contribution in [0.1, 0.15) is 31.0 Å². The van der Waals surface area contributed by atoms with E-state index in [1.54, 1.807) is 0 Å². The predicted molar refractivity (Wildman–Crippen MR) is 76.1 cm³/mol. The summed E-state index contributed by atoms with van der Waals surface area (Å²) in [6, 6.07) is 2.40. The first-order valence-corrected chi connectivity index (χ1v) is 7.33. The van der Waals surface area contributed by atoms with Crippen LogP contribution in [-0.2, 0) is 11.3 Å². The van der Waals surface area contributed by atoms with E-state index in [2.05, 4.69) is 4.98 Å². The van der Waals surface area contributed by atoms with Gasteiger partial charge in [-0.25, -0.2) is 13.8 Å². The van der Waals surface area contributed by atoms with Gasteiger partial charge in [-0.3, -0.25) is 0 Å². The molecule has 1 aliphatic rings. The van der Waals surface area contributed by atoms with Crippen molar-refractivity contribution >= 4 is 11.0 Å². The fourth-order valence-electron chi connectivity index (χ4n) is 2.69. The summed E-state index contributed by atoms with van der Waals surface area (Å²) in [5, 5.41) is 0. The largest absolute Gasteiger partial charge is 0.378 e. The van der Waals surface area contributed by atoms with Crippen LogP contribution in [0.15, 0.2) is 12.1 Å². The minimum Gasteiger partial charge on any atom is -0.378 e. The Labute approximate surface area is 121 Å². The maximum atomic E-state index is 13.5. The second-order valence-corrected chi connectivity index (χ2v) is 5.41. The number of hydrogen-bond acceptors (Lipinski definition) is 3. The Hall–Kier alpha value is -1.53. The Bertz CT molecular complexity index is 637. The van der Waals surface area contributed by atoms with Crippen molar-refractivity contribution in [3.05, 3.63) is 29.6 Å². The minimum atomic E-state index is -0.855. The number of fused-ring (bicyclic) bond motifs is 1. The summed E-state index contributed by atoms with van der Waals surface area (Å²) in [5.74, 6) is -0.394. The van der Waals surface area contributed by atoms with Gasteiger partial charge < -0.3 is 15.0 Å². The van der Waals surface area contributed by atoms with Gasteiger partial charge in [-0.15, -0.1) is 0 Å². The van der Waals surface area contributed by atoms with E-state index in [1.807, 2.05) is 4.57 Å². The number of nitrogens with zero attached hydrogens (tertiary/aromatic N) is 2. The minimum absolute atomic E-state index is 0.387. The third-order valence-electron chi connectivity index (χ3n) is 4.01. The number of rotatable bonds is 6. The van der Waals surface area contributed by atoms with Gasteiger partial charge in [0.1, 0.15) is 5.82 Å². The maximum absolute atomic E-state index is 13.5. The van der Waals surface area contributed by atoms with E-state index in [0.717, 1.165) is 18.7 Å². The van der Waals surface area contributed by atoms with E-state index in [1.165, 1.54) is 18.6 Å². The Balaban J connectivity index is 1.94. The van der Waals surface area contributed by atoms with Gasteiger partial charge in [0.25, 0.3) is 0 Å². The average molecular weight is 295 g/mol. The van der Waals surface area contributed by atoms with Gasteiger partial charge in [0.05, 0.1) is 24.2 Å². The van der Waals surface area contributed by atoms with Crippen LogP contribution in [0.3, 0.4) is 0 Å². The first-order valence-electron chi connectivity index (χ1n) is 7.33. The van der Waals surface area contributed by atoms with Crippen molar-refractivity contribution < 1.29 is 13.5 Å². The number of imidazole rings is 1. The third-order valence-corrected chi connectivity index (χ3v) is 4.01. The van der Waals surface area contributed by atoms with Crippen molar-refractivity contribution in [2.45, 2.75) is 31.7 Å². The van der Waals surface area contributed by atoms with Gasteiger partial charge >= 0.3 is 0 Å². The maximum Gasteiger partial charge on any atom is 0.161 e. The summed E-state index contributed by atoms with van der Waals surface area (Å²) in [5.41, 5.74) is 6.53. The van der Waals surface area contributed by atoms with Crippen LogP contribution in [0.25, 0.3) is 11.0 Å². The van der Waals surface area contributed by atoms with E-state index in [9.17, 15) is 8.78 Å². The molecule has 2 aromatic rings. The number of ether oxygens (including phenoxy) is 1. The molecule has 0 atom stereocenters. The SMILES string of the molecule is NCCOCCn1c(C2CCC2)nc2cc(F)c(F)cc21. The molecule has 0 spiro atoms. The Morgan fingerprint density at radius 2 is 2.00 bits per heavy atom. The fraction of sp³-hybridized carbons (Fsp3) is 0.533. The monoisotopic (exact) mass is 295 g/mol. The quantitative estimate of drug-likeness (QED) is 0.833. The van der Waals surface area contributed by atoms with Crippen LogP contribution < -0.4 is 5.73 Å². The van der Waals surface area contributed by atoms with E-state index in [-0.39, 0.29) is 0 Å². The molecule has 1 aliphatic carbocycles. The summed E-state index contributed by atoms with van der Waals surface area (Å²) in [7, 11) is 0. The number of nitrogens with two attached hydrogens (primary N) is 1. The lowest BCUT2D eigenvalue weighted by atomic mass is 9.85. The first kappa shape index (κ1) is 14.4. The summed E-state index contributed by atoms with van der Waals surface area (Å²) >= 11 is 0. The molecule has 4 nitrogen and oxygen atoms in total. The lowest BCUT2D eigenvalue weighted by Crippen LogP contribution is -2.18. The summed E-state index contributed by atoms with van der Waals surface area (Å²) in [4.78, 5) is 4.51. The Kier molecular flexibility index (Phi) is 4.17. The molecule has 0 amide bonds. The van der Waals surface area contributed by atoms with Crippen molar-refractivity contribution in [2.24, 2.45) is 5.73 Å². The topological polar surface area (TPSA) is 53.1 Å². The third kappa shape index (κ3) is 2.78. The van der Waals surface area contributed by atoms with Gasteiger partial charge in [-0.1, -0.05) is 6.42 Å². The van der Waals surface area contributed by atoms with E-state index >= 15 is 0 Å². The lowest BCUT2D eigenvalue weighted by Gasteiger charge is -2.25. The molecule has 1 heterocycles. The second-order valence-electron chi connectivity index (χ2n) is 5.41. The first-order chi connectivity index (χ1) is 10.2. The van der Waals surface area contributed by atoms with Crippen molar-refractivity contribution in [1.82, 2.24) is 9.55 Å². The molecule has 0 bridgehead atoms.